The lowest BCUT2D eigenvalue weighted by molar-refractivity contribution is 0.629. The lowest BCUT2D eigenvalue weighted by Crippen LogP contribution is -1.92. The Labute approximate surface area is 80.0 Å². The molecule has 0 saturated carbocycles. The zero-order valence-corrected chi connectivity index (χ0v) is 7.99. The van der Waals surface area contributed by atoms with Crippen LogP contribution in [0.5, 0.6) is 0 Å². The maximum atomic E-state index is 12.8. The third kappa shape index (κ3) is 1.27. The average Bonchev–Trinajstić information content (AvgIpc) is 2.39. The SMILES string of the molecule is CCn1c(=S)[nH]c2cc(F)ccc21. The molecule has 1 heterocycles. The first-order valence-corrected chi connectivity index (χ1v) is 4.51. The van der Waals surface area contributed by atoms with Gasteiger partial charge in [0.25, 0.3) is 0 Å². The number of fused-ring (bicyclic) bond motifs is 1. The molecule has 68 valence electrons. The fraction of sp³-hybridized carbons (Fsp3) is 0.222. The molecular weight excluding hydrogens is 187 g/mol. The summed E-state index contributed by atoms with van der Waals surface area (Å²) in [6.45, 7) is 2.80. The number of rotatable bonds is 1. The molecule has 0 unspecified atom stereocenters. The fourth-order valence-corrected chi connectivity index (χ4v) is 1.79. The summed E-state index contributed by atoms with van der Waals surface area (Å²) in [4.78, 5) is 2.96. The van der Waals surface area contributed by atoms with Gasteiger partial charge in [0.2, 0.25) is 0 Å². The third-order valence-corrected chi connectivity index (χ3v) is 2.37. The molecule has 4 heteroatoms. The smallest absolute Gasteiger partial charge is 0.178 e. The molecule has 13 heavy (non-hydrogen) atoms. The van der Waals surface area contributed by atoms with Crippen molar-refractivity contribution in [2.45, 2.75) is 13.5 Å². The van der Waals surface area contributed by atoms with Crippen LogP contribution in [0, 0.1) is 10.6 Å². The molecule has 2 aromatic rings. The van der Waals surface area contributed by atoms with E-state index in [0.717, 1.165) is 17.6 Å². The number of halogens is 1. The van der Waals surface area contributed by atoms with Gasteiger partial charge in [-0.15, -0.1) is 0 Å². The lowest BCUT2D eigenvalue weighted by Gasteiger charge is -1.97. The Kier molecular flexibility index (Phi) is 1.92. The van der Waals surface area contributed by atoms with E-state index >= 15 is 0 Å². The molecule has 0 aliphatic carbocycles. The van der Waals surface area contributed by atoms with Gasteiger partial charge in [-0.05, 0) is 37.3 Å². The van der Waals surface area contributed by atoms with E-state index in [4.69, 9.17) is 12.2 Å². The number of H-pyrrole nitrogens is 1. The zero-order chi connectivity index (χ0) is 9.42. The van der Waals surface area contributed by atoms with E-state index in [0.29, 0.717) is 4.77 Å². The van der Waals surface area contributed by atoms with Crippen molar-refractivity contribution in [2.75, 3.05) is 0 Å². The maximum Gasteiger partial charge on any atom is 0.178 e. The van der Waals surface area contributed by atoms with Crippen molar-refractivity contribution < 1.29 is 4.39 Å². The molecule has 1 N–H and O–H groups in total. The van der Waals surface area contributed by atoms with Gasteiger partial charge in [-0.3, -0.25) is 0 Å². The lowest BCUT2D eigenvalue weighted by atomic mass is 10.3. The Morgan fingerprint density at radius 2 is 2.31 bits per heavy atom. The largest absolute Gasteiger partial charge is 0.330 e. The molecule has 0 spiro atoms. The molecule has 2 rings (SSSR count). The van der Waals surface area contributed by atoms with Crippen LogP contribution in [0.4, 0.5) is 4.39 Å². The number of aryl methyl sites for hydroxylation is 1. The Hall–Kier alpha value is -1.16. The van der Waals surface area contributed by atoms with E-state index in [-0.39, 0.29) is 5.82 Å². The molecule has 0 fully saturated rings. The summed E-state index contributed by atoms with van der Waals surface area (Å²) in [5, 5.41) is 0. The van der Waals surface area contributed by atoms with Gasteiger partial charge in [0, 0.05) is 6.54 Å². The van der Waals surface area contributed by atoms with E-state index in [1.54, 1.807) is 6.07 Å². The van der Waals surface area contributed by atoms with Crippen LogP contribution in [-0.2, 0) is 6.54 Å². The minimum atomic E-state index is -0.244. The Morgan fingerprint density at radius 1 is 1.54 bits per heavy atom. The molecule has 0 atom stereocenters. The van der Waals surface area contributed by atoms with Crippen LogP contribution in [0.1, 0.15) is 6.92 Å². The fourth-order valence-electron chi connectivity index (χ4n) is 1.45. The molecule has 1 aromatic carbocycles. The van der Waals surface area contributed by atoms with Crippen molar-refractivity contribution in [2.24, 2.45) is 0 Å². The van der Waals surface area contributed by atoms with Crippen LogP contribution in [0.25, 0.3) is 11.0 Å². The van der Waals surface area contributed by atoms with Crippen LogP contribution in [0.15, 0.2) is 18.2 Å². The predicted molar refractivity (Wildman–Crippen MR) is 52.8 cm³/mol. The second-order valence-corrected chi connectivity index (χ2v) is 3.22. The average molecular weight is 196 g/mol. The van der Waals surface area contributed by atoms with Gasteiger partial charge in [-0.1, -0.05) is 0 Å². The molecule has 0 radical (unpaired) electrons. The van der Waals surface area contributed by atoms with Crippen LogP contribution < -0.4 is 0 Å². The number of nitrogens with zero attached hydrogens (tertiary/aromatic N) is 1. The molecule has 0 amide bonds. The van der Waals surface area contributed by atoms with Gasteiger partial charge in [0.05, 0.1) is 11.0 Å². The molecule has 1 aromatic heterocycles. The number of hydrogen-bond donors (Lipinski definition) is 1. The number of benzene rings is 1. The zero-order valence-electron chi connectivity index (χ0n) is 7.17. The standard InChI is InChI=1S/C9H9FN2S/c1-2-12-8-4-3-6(10)5-7(8)11-9(12)13/h3-5H,2H2,1H3,(H,11,13). The summed E-state index contributed by atoms with van der Waals surface area (Å²) in [5.74, 6) is -0.244. The number of imidazole rings is 1. The van der Waals surface area contributed by atoms with Gasteiger partial charge < -0.3 is 9.55 Å². The van der Waals surface area contributed by atoms with E-state index in [1.165, 1.54) is 12.1 Å². The summed E-state index contributed by atoms with van der Waals surface area (Å²) in [6, 6.07) is 4.63. The first-order valence-electron chi connectivity index (χ1n) is 4.10. The Morgan fingerprint density at radius 3 is 3.00 bits per heavy atom. The minimum Gasteiger partial charge on any atom is -0.330 e. The highest BCUT2D eigenvalue weighted by atomic mass is 32.1. The van der Waals surface area contributed by atoms with Crippen molar-refractivity contribution in [3.8, 4) is 0 Å². The molecule has 0 saturated heterocycles. The quantitative estimate of drug-likeness (QED) is 0.695. The van der Waals surface area contributed by atoms with Gasteiger partial charge in [0.15, 0.2) is 4.77 Å². The predicted octanol–water partition coefficient (Wildman–Crippen LogP) is 2.86. The second kappa shape index (κ2) is 2.96. The minimum absolute atomic E-state index is 0.244. The van der Waals surface area contributed by atoms with Crippen molar-refractivity contribution in [1.29, 1.82) is 0 Å². The summed E-state index contributed by atoms with van der Waals surface area (Å²) in [5.41, 5.74) is 1.71. The summed E-state index contributed by atoms with van der Waals surface area (Å²) < 4.78 is 15.4. The van der Waals surface area contributed by atoms with Gasteiger partial charge in [-0.25, -0.2) is 4.39 Å². The van der Waals surface area contributed by atoms with Crippen LogP contribution in [0.2, 0.25) is 0 Å². The van der Waals surface area contributed by atoms with E-state index in [2.05, 4.69) is 4.98 Å². The maximum absolute atomic E-state index is 12.8. The number of aromatic nitrogens is 2. The van der Waals surface area contributed by atoms with E-state index in [1.807, 2.05) is 11.5 Å². The van der Waals surface area contributed by atoms with Crippen molar-refractivity contribution >= 4 is 23.3 Å². The normalized spacial score (nSPS) is 10.9. The summed E-state index contributed by atoms with van der Waals surface area (Å²) >= 11 is 5.08. The van der Waals surface area contributed by atoms with E-state index in [9.17, 15) is 4.39 Å². The first-order chi connectivity index (χ1) is 6.22. The molecule has 0 aliphatic rings. The number of aromatic amines is 1. The van der Waals surface area contributed by atoms with Crippen LogP contribution in [-0.4, -0.2) is 9.55 Å². The Balaban J connectivity index is 2.87. The highest BCUT2D eigenvalue weighted by Crippen LogP contribution is 2.14. The first kappa shape index (κ1) is 8.44. The third-order valence-electron chi connectivity index (χ3n) is 2.05. The summed E-state index contributed by atoms with van der Waals surface area (Å²) in [7, 11) is 0. The van der Waals surface area contributed by atoms with Crippen LogP contribution in [0.3, 0.4) is 0 Å². The van der Waals surface area contributed by atoms with Gasteiger partial charge in [-0.2, -0.15) is 0 Å². The number of nitrogens with one attached hydrogen (secondary N) is 1. The summed E-state index contributed by atoms with van der Waals surface area (Å²) in [6.07, 6.45) is 0. The second-order valence-electron chi connectivity index (χ2n) is 2.84. The molecule has 0 bridgehead atoms. The number of hydrogen-bond acceptors (Lipinski definition) is 1. The van der Waals surface area contributed by atoms with Crippen LogP contribution >= 0.6 is 12.2 Å². The highest BCUT2D eigenvalue weighted by Gasteiger charge is 2.02. The molecule has 2 nitrogen and oxygen atoms in total. The molecular formula is C9H9FN2S. The van der Waals surface area contributed by atoms with Crippen molar-refractivity contribution in [1.82, 2.24) is 9.55 Å². The Bertz CT molecular complexity index is 498. The van der Waals surface area contributed by atoms with Crippen molar-refractivity contribution in [3.05, 3.63) is 28.8 Å². The monoisotopic (exact) mass is 196 g/mol. The van der Waals surface area contributed by atoms with E-state index < -0.39 is 0 Å². The van der Waals surface area contributed by atoms with Gasteiger partial charge in [0.1, 0.15) is 5.82 Å². The van der Waals surface area contributed by atoms with Gasteiger partial charge >= 0.3 is 0 Å². The molecule has 0 aliphatic heterocycles. The van der Waals surface area contributed by atoms with Crippen molar-refractivity contribution in [3.63, 3.8) is 0 Å². The highest BCUT2D eigenvalue weighted by molar-refractivity contribution is 7.71. The topological polar surface area (TPSA) is 20.7 Å².